The van der Waals surface area contributed by atoms with Gasteiger partial charge in [0.25, 0.3) is 0 Å². The Balaban J connectivity index is 2.90. The highest BCUT2D eigenvalue weighted by atomic mass is 35.5. The van der Waals surface area contributed by atoms with Gasteiger partial charge in [0.1, 0.15) is 0 Å². The van der Waals surface area contributed by atoms with Crippen LogP contribution in [-0.4, -0.2) is 11.1 Å². The average molecular weight is 282 g/mol. The van der Waals surface area contributed by atoms with Crippen LogP contribution in [0, 0.1) is 0 Å². The lowest BCUT2D eigenvalue weighted by Gasteiger charge is -2.14. The third kappa shape index (κ3) is 3.55. The molecule has 0 saturated heterocycles. The van der Waals surface area contributed by atoms with Crippen molar-refractivity contribution in [2.75, 3.05) is 0 Å². The van der Waals surface area contributed by atoms with E-state index < -0.39 is 5.97 Å². The first-order valence-corrected chi connectivity index (χ1v) is 5.91. The summed E-state index contributed by atoms with van der Waals surface area (Å²) in [6.07, 6.45) is 0.590. The lowest BCUT2D eigenvalue weighted by Crippen LogP contribution is -2.01. The number of benzene rings is 1. The van der Waals surface area contributed by atoms with Gasteiger partial charge in [-0.25, -0.2) is 0 Å². The first-order valence-electron chi connectivity index (χ1n) is 4.78. The van der Waals surface area contributed by atoms with Crippen LogP contribution in [0.15, 0.2) is 12.1 Å². The lowest BCUT2D eigenvalue weighted by molar-refractivity contribution is -0.137. The Labute approximate surface area is 109 Å². The molecular formula is C11H11Cl3O2. The highest BCUT2D eigenvalue weighted by Crippen LogP contribution is 2.36. The van der Waals surface area contributed by atoms with Crippen molar-refractivity contribution in [3.05, 3.63) is 32.8 Å². The highest BCUT2D eigenvalue weighted by molar-refractivity contribution is 6.39. The molecule has 16 heavy (non-hydrogen) atoms. The van der Waals surface area contributed by atoms with Crippen molar-refractivity contribution in [3.63, 3.8) is 0 Å². The van der Waals surface area contributed by atoms with E-state index in [0.29, 0.717) is 21.5 Å². The summed E-state index contributed by atoms with van der Waals surface area (Å²) in [5.74, 6) is -0.832. The largest absolute Gasteiger partial charge is 0.481 e. The molecule has 0 amide bonds. The predicted molar refractivity (Wildman–Crippen MR) is 66.8 cm³/mol. The van der Waals surface area contributed by atoms with Gasteiger partial charge in [-0.1, -0.05) is 41.7 Å². The van der Waals surface area contributed by atoms with E-state index in [4.69, 9.17) is 39.9 Å². The maximum atomic E-state index is 10.5. The van der Waals surface area contributed by atoms with Gasteiger partial charge in [0.2, 0.25) is 0 Å². The van der Waals surface area contributed by atoms with E-state index in [2.05, 4.69) is 0 Å². The molecule has 1 aromatic carbocycles. The van der Waals surface area contributed by atoms with Crippen molar-refractivity contribution in [1.29, 1.82) is 0 Å². The number of aliphatic carboxylic acids is 1. The molecule has 1 aromatic rings. The standard InChI is InChI=1S/C11H11Cl3O2/c1-6(2-3-10(15)16)11-8(13)4-7(12)5-9(11)14/h4-6H,2-3H2,1H3,(H,15,16). The van der Waals surface area contributed by atoms with E-state index in [1.807, 2.05) is 6.92 Å². The third-order valence-electron chi connectivity index (χ3n) is 2.33. The summed E-state index contributed by atoms with van der Waals surface area (Å²) in [6, 6.07) is 3.23. The fraction of sp³-hybridized carbons (Fsp3) is 0.364. The zero-order chi connectivity index (χ0) is 12.3. The fourth-order valence-corrected chi connectivity index (χ4v) is 2.70. The van der Waals surface area contributed by atoms with Crippen molar-refractivity contribution >= 4 is 40.8 Å². The summed E-state index contributed by atoms with van der Waals surface area (Å²) in [4.78, 5) is 10.5. The molecule has 0 heterocycles. The molecule has 0 aliphatic carbocycles. The van der Waals surface area contributed by atoms with E-state index in [-0.39, 0.29) is 12.3 Å². The molecule has 0 radical (unpaired) electrons. The van der Waals surface area contributed by atoms with Crippen LogP contribution >= 0.6 is 34.8 Å². The molecule has 1 N–H and O–H groups in total. The van der Waals surface area contributed by atoms with Gasteiger partial charge in [-0.05, 0) is 30.0 Å². The monoisotopic (exact) mass is 280 g/mol. The first kappa shape index (κ1) is 13.6. The topological polar surface area (TPSA) is 37.3 Å². The Morgan fingerprint density at radius 1 is 1.31 bits per heavy atom. The maximum Gasteiger partial charge on any atom is 0.303 e. The lowest BCUT2D eigenvalue weighted by atomic mass is 9.96. The van der Waals surface area contributed by atoms with Crippen molar-refractivity contribution in [2.24, 2.45) is 0 Å². The van der Waals surface area contributed by atoms with E-state index in [0.717, 1.165) is 5.56 Å². The Kier molecular flexibility index (Phi) is 4.90. The minimum atomic E-state index is -0.826. The third-order valence-corrected chi connectivity index (χ3v) is 3.17. The quantitative estimate of drug-likeness (QED) is 0.874. The van der Waals surface area contributed by atoms with Crippen LogP contribution in [0.2, 0.25) is 15.1 Å². The molecule has 0 spiro atoms. The molecular weight excluding hydrogens is 270 g/mol. The molecule has 5 heteroatoms. The summed E-state index contributed by atoms with van der Waals surface area (Å²) < 4.78 is 0. The van der Waals surface area contributed by atoms with Crippen LogP contribution in [0.25, 0.3) is 0 Å². The Morgan fingerprint density at radius 2 is 1.81 bits per heavy atom. The second-order valence-electron chi connectivity index (χ2n) is 3.62. The van der Waals surface area contributed by atoms with Crippen LogP contribution in [0.4, 0.5) is 0 Å². The van der Waals surface area contributed by atoms with Gasteiger partial charge in [0, 0.05) is 21.5 Å². The van der Waals surface area contributed by atoms with Crippen LogP contribution in [0.1, 0.15) is 31.2 Å². The Hall–Kier alpha value is -0.440. The summed E-state index contributed by atoms with van der Waals surface area (Å²) in [7, 11) is 0. The molecule has 0 fully saturated rings. The molecule has 0 aliphatic rings. The fourth-order valence-electron chi connectivity index (χ4n) is 1.51. The minimum Gasteiger partial charge on any atom is -0.481 e. The Morgan fingerprint density at radius 3 is 2.25 bits per heavy atom. The van der Waals surface area contributed by atoms with Gasteiger partial charge in [-0.2, -0.15) is 0 Å². The average Bonchev–Trinajstić information content (AvgIpc) is 2.12. The summed E-state index contributed by atoms with van der Waals surface area (Å²) >= 11 is 17.8. The van der Waals surface area contributed by atoms with Crippen molar-refractivity contribution < 1.29 is 9.90 Å². The van der Waals surface area contributed by atoms with E-state index in [1.165, 1.54) is 0 Å². The summed E-state index contributed by atoms with van der Waals surface area (Å²) in [5, 5.41) is 10.0. The van der Waals surface area contributed by atoms with Crippen molar-refractivity contribution in [3.8, 4) is 0 Å². The smallest absolute Gasteiger partial charge is 0.303 e. The number of carboxylic acid groups (broad SMARTS) is 1. The number of hydrogen-bond donors (Lipinski definition) is 1. The van der Waals surface area contributed by atoms with Gasteiger partial charge in [-0.3, -0.25) is 4.79 Å². The summed E-state index contributed by atoms with van der Waals surface area (Å²) in [6.45, 7) is 1.89. The van der Waals surface area contributed by atoms with Gasteiger partial charge >= 0.3 is 5.97 Å². The zero-order valence-electron chi connectivity index (χ0n) is 8.64. The van der Waals surface area contributed by atoms with Gasteiger partial charge in [0.15, 0.2) is 0 Å². The van der Waals surface area contributed by atoms with E-state index >= 15 is 0 Å². The number of hydrogen-bond acceptors (Lipinski definition) is 1. The number of rotatable bonds is 4. The number of carboxylic acids is 1. The van der Waals surface area contributed by atoms with E-state index in [9.17, 15) is 4.79 Å². The molecule has 2 nitrogen and oxygen atoms in total. The number of halogens is 3. The molecule has 1 unspecified atom stereocenters. The first-order chi connectivity index (χ1) is 7.41. The molecule has 0 bridgehead atoms. The normalized spacial score (nSPS) is 12.5. The van der Waals surface area contributed by atoms with Gasteiger partial charge in [-0.15, -0.1) is 0 Å². The number of carbonyl (C=O) groups is 1. The highest BCUT2D eigenvalue weighted by Gasteiger charge is 2.15. The molecule has 1 atom stereocenters. The zero-order valence-corrected chi connectivity index (χ0v) is 10.9. The molecule has 88 valence electrons. The maximum absolute atomic E-state index is 10.5. The van der Waals surface area contributed by atoms with Crippen LogP contribution < -0.4 is 0 Å². The van der Waals surface area contributed by atoms with Crippen LogP contribution in [0.3, 0.4) is 0 Å². The molecule has 1 rings (SSSR count). The second-order valence-corrected chi connectivity index (χ2v) is 4.87. The van der Waals surface area contributed by atoms with Crippen LogP contribution in [0.5, 0.6) is 0 Å². The second kappa shape index (κ2) is 5.76. The minimum absolute atomic E-state index is 0.00614. The molecule has 0 aromatic heterocycles. The Bertz CT molecular complexity index is 381. The molecule has 0 aliphatic heterocycles. The SMILES string of the molecule is CC(CCC(=O)O)c1c(Cl)cc(Cl)cc1Cl. The van der Waals surface area contributed by atoms with Gasteiger partial charge in [0.05, 0.1) is 0 Å². The van der Waals surface area contributed by atoms with E-state index in [1.54, 1.807) is 12.1 Å². The van der Waals surface area contributed by atoms with Crippen molar-refractivity contribution in [1.82, 2.24) is 0 Å². The molecule has 0 saturated carbocycles. The summed E-state index contributed by atoms with van der Waals surface area (Å²) in [5.41, 5.74) is 0.758. The predicted octanol–water partition coefficient (Wildman–Crippen LogP) is 4.62. The van der Waals surface area contributed by atoms with Gasteiger partial charge < -0.3 is 5.11 Å². The van der Waals surface area contributed by atoms with Crippen LogP contribution in [-0.2, 0) is 4.79 Å². The van der Waals surface area contributed by atoms with Crippen molar-refractivity contribution in [2.45, 2.75) is 25.7 Å².